The van der Waals surface area contributed by atoms with Crippen molar-refractivity contribution in [2.45, 2.75) is 6.92 Å². The maximum atomic E-state index is 13.6. The molecule has 0 aliphatic rings. The summed E-state index contributed by atoms with van der Waals surface area (Å²) in [6.45, 7) is 2.60. The van der Waals surface area contributed by atoms with Gasteiger partial charge in [-0.05, 0) is 25.1 Å². The second-order valence-corrected chi connectivity index (χ2v) is 4.60. The Hall–Kier alpha value is -1.52. The molecule has 0 saturated carbocycles. The zero-order valence-electron chi connectivity index (χ0n) is 10.2. The van der Waals surface area contributed by atoms with E-state index in [0.29, 0.717) is 33.9 Å². The zero-order valence-corrected chi connectivity index (χ0v) is 11.7. The minimum atomic E-state index is -0.375. The average molecular weight is 300 g/mol. The minimum Gasteiger partial charge on any atom is -0.369 e. The van der Waals surface area contributed by atoms with E-state index in [0.717, 1.165) is 0 Å². The highest BCUT2D eigenvalue weighted by atomic mass is 35.5. The first-order valence-electron chi connectivity index (χ1n) is 5.73. The van der Waals surface area contributed by atoms with E-state index in [1.165, 1.54) is 6.07 Å². The van der Waals surface area contributed by atoms with Gasteiger partial charge in [-0.25, -0.2) is 9.37 Å². The van der Waals surface area contributed by atoms with Gasteiger partial charge in [-0.15, -0.1) is 0 Å². The Kier molecular flexibility index (Phi) is 4.45. The minimum absolute atomic E-state index is 0.307. The molecule has 100 valence electrons. The van der Waals surface area contributed by atoms with Gasteiger partial charge >= 0.3 is 0 Å². The van der Waals surface area contributed by atoms with Gasteiger partial charge in [-0.3, -0.25) is 0 Å². The van der Waals surface area contributed by atoms with E-state index in [9.17, 15) is 4.39 Å². The second-order valence-electron chi connectivity index (χ2n) is 3.78. The summed E-state index contributed by atoms with van der Waals surface area (Å²) in [7, 11) is 0. The number of pyridine rings is 1. The van der Waals surface area contributed by atoms with Crippen LogP contribution in [-0.4, -0.2) is 11.5 Å². The van der Waals surface area contributed by atoms with E-state index >= 15 is 0 Å². The number of nitrogens with one attached hydrogen (secondary N) is 2. The molecule has 2 N–H and O–H groups in total. The molecule has 0 bridgehead atoms. The number of halogens is 3. The fourth-order valence-corrected chi connectivity index (χ4v) is 2.01. The normalized spacial score (nSPS) is 10.3. The summed E-state index contributed by atoms with van der Waals surface area (Å²) < 4.78 is 13.6. The van der Waals surface area contributed by atoms with E-state index in [4.69, 9.17) is 23.2 Å². The molecule has 1 aromatic heterocycles. The highest BCUT2D eigenvalue weighted by Crippen LogP contribution is 2.31. The van der Waals surface area contributed by atoms with Crippen LogP contribution < -0.4 is 10.6 Å². The molecule has 2 aromatic rings. The Balaban J connectivity index is 2.34. The molecule has 0 fully saturated rings. The molecule has 0 unspecified atom stereocenters. The van der Waals surface area contributed by atoms with Gasteiger partial charge in [0.2, 0.25) is 0 Å². The molecule has 0 aliphatic carbocycles. The Morgan fingerprint density at radius 3 is 2.53 bits per heavy atom. The van der Waals surface area contributed by atoms with E-state index < -0.39 is 0 Å². The summed E-state index contributed by atoms with van der Waals surface area (Å²) in [5.74, 6) is 0.486. The van der Waals surface area contributed by atoms with E-state index in [2.05, 4.69) is 15.6 Å². The Bertz CT molecular complexity index is 590. The van der Waals surface area contributed by atoms with Gasteiger partial charge in [-0.1, -0.05) is 35.3 Å². The standard InChI is InChI=1S/C13H12Cl2FN3/c1-2-17-12-8(14)7-9(15)13(19-12)18-11-6-4-3-5-10(11)16/h3-7H,2H2,1H3,(H2,17,18,19). The van der Waals surface area contributed by atoms with Gasteiger partial charge in [0, 0.05) is 6.54 Å². The number of hydrogen-bond donors (Lipinski definition) is 2. The number of aromatic nitrogens is 1. The number of para-hydroxylation sites is 1. The predicted molar refractivity (Wildman–Crippen MR) is 78.1 cm³/mol. The van der Waals surface area contributed by atoms with E-state index in [-0.39, 0.29) is 5.82 Å². The molecule has 19 heavy (non-hydrogen) atoms. The lowest BCUT2D eigenvalue weighted by atomic mass is 10.3. The first-order valence-corrected chi connectivity index (χ1v) is 6.49. The third kappa shape index (κ3) is 3.28. The number of hydrogen-bond acceptors (Lipinski definition) is 3. The van der Waals surface area contributed by atoms with Crippen molar-refractivity contribution in [1.82, 2.24) is 4.98 Å². The summed E-state index contributed by atoms with van der Waals surface area (Å²) in [5.41, 5.74) is 0.307. The van der Waals surface area contributed by atoms with Gasteiger partial charge in [-0.2, -0.15) is 0 Å². The third-order valence-electron chi connectivity index (χ3n) is 2.40. The molecular formula is C13H12Cl2FN3. The van der Waals surface area contributed by atoms with Crippen molar-refractivity contribution in [1.29, 1.82) is 0 Å². The van der Waals surface area contributed by atoms with Crippen molar-refractivity contribution in [2.75, 3.05) is 17.2 Å². The van der Waals surface area contributed by atoms with Crippen LogP contribution >= 0.6 is 23.2 Å². The van der Waals surface area contributed by atoms with Crippen LogP contribution in [0, 0.1) is 5.82 Å². The first kappa shape index (κ1) is 13.9. The fraction of sp³-hybridized carbons (Fsp3) is 0.154. The van der Waals surface area contributed by atoms with Crippen molar-refractivity contribution in [3.63, 3.8) is 0 Å². The number of nitrogens with zero attached hydrogens (tertiary/aromatic N) is 1. The lowest BCUT2D eigenvalue weighted by molar-refractivity contribution is 0.632. The molecule has 0 saturated heterocycles. The quantitative estimate of drug-likeness (QED) is 0.859. The van der Waals surface area contributed by atoms with Crippen LogP contribution in [-0.2, 0) is 0 Å². The second kappa shape index (κ2) is 6.08. The molecule has 0 amide bonds. The van der Waals surface area contributed by atoms with Gasteiger partial charge in [0.15, 0.2) is 5.82 Å². The fourth-order valence-electron chi connectivity index (χ4n) is 1.54. The van der Waals surface area contributed by atoms with E-state index in [1.807, 2.05) is 6.92 Å². The van der Waals surface area contributed by atoms with Crippen LogP contribution in [0.3, 0.4) is 0 Å². The van der Waals surface area contributed by atoms with Gasteiger partial charge in [0.1, 0.15) is 11.6 Å². The average Bonchev–Trinajstić information content (AvgIpc) is 2.38. The molecule has 0 atom stereocenters. The summed E-state index contributed by atoms with van der Waals surface area (Å²) in [6.07, 6.45) is 0. The van der Waals surface area contributed by atoms with Gasteiger partial charge < -0.3 is 10.6 Å². The molecule has 6 heteroatoms. The largest absolute Gasteiger partial charge is 0.369 e. The maximum Gasteiger partial charge on any atom is 0.151 e. The van der Waals surface area contributed by atoms with Gasteiger partial charge in [0.25, 0.3) is 0 Å². The van der Waals surface area contributed by atoms with Crippen LogP contribution in [0.4, 0.5) is 21.7 Å². The summed E-state index contributed by atoms with van der Waals surface area (Å²) in [5, 5.41) is 6.61. The Labute approximate surface area is 120 Å². The van der Waals surface area contributed by atoms with Crippen LogP contribution in [0.15, 0.2) is 30.3 Å². The van der Waals surface area contributed by atoms with Crippen molar-refractivity contribution >= 4 is 40.5 Å². The summed E-state index contributed by atoms with van der Waals surface area (Å²) in [4.78, 5) is 4.25. The molecule has 2 rings (SSSR count). The molecule has 0 radical (unpaired) electrons. The monoisotopic (exact) mass is 299 g/mol. The number of anilines is 3. The number of rotatable bonds is 4. The Morgan fingerprint density at radius 1 is 1.16 bits per heavy atom. The van der Waals surface area contributed by atoms with Crippen LogP contribution in [0.5, 0.6) is 0 Å². The molecular weight excluding hydrogens is 288 g/mol. The lowest BCUT2D eigenvalue weighted by Gasteiger charge is -2.12. The summed E-state index contributed by atoms with van der Waals surface area (Å²) in [6, 6.07) is 7.87. The van der Waals surface area contributed by atoms with Crippen LogP contribution in [0.25, 0.3) is 0 Å². The van der Waals surface area contributed by atoms with Crippen molar-refractivity contribution in [3.8, 4) is 0 Å². The van der Waals surface area contributed by atoms with Crippen LogP contribution in [0.1, 0.15) is 6.92 Å². The predicted octanol–water partition coefficient (Wildman–Crippen LogP) is 4.70. The maximum absolute atomic E-state index is 13.6. The lowest BCUT2D eigenvalue weighted by Crippen LogP contribution is -2.03. The summed E-state index contributed by atoms with van der Waals surface area (Å²) >= 11 is 12.0. The number of benzene rings is 1. The Morgan fingerprint density at radius 2 is 1.84 bits per heavy atom. The molecule has 0 aliphatic heterocycles. The molecule has 0 spiro atoms. The SMILES string of the molecule is CCNc1nc(Nc2ccccc2F)c(Cl)cc1Cl. The van der Waals surface area contributed by atoms with Crippen LogP contribution in [0.2, 0.25) is 10.0 Å². The highest BCUT2D eigenvalue weighted by Gasteiger charge is 2.10. The molecule has 1 aromatic carbocycles. The first-order chi connectivity index (χ1) is 9.11. The van der Waals surface area contributed by atoms with Crippen molar-refractivity contribution in [2.24, 2.45) is 0 Å². The van der Waals surface area contributed by atoms with E-state index in [1.54, 1.807) is 24.3 Å². The smallest absolute Gasteiger partial charge is 0.151 e. The zero-order chi connectivity index (χ0) is 13.8. The van der Waals surface area contributed by atoms with Crippen molar-refractivity contribution < 1.29 is 4.39 Å². The highest BCUT2D eigenvalue weighted by molar-refractivity contribution is 6.37. The van der Waals surface area contributed by atoms with Gasteiger partial charge in [0.05, 0.1) is 15.7 Å². The topological polar surface area (TPSA) is 37.0 Å². The van der Waals surface area contributed by atoms with Crippen molar-refractivity contribution in [3.05, 3.63) is 46.2 Å². The third-order valence-corrected chi connectivity index (χ3v) is 2.98. The molecule has 3 nitrogen and oxygen atoms in total. The molecule has 1 heterocycles.